The number of hydrogen-bond donors (Lipinski definition) is 1. The summed E-state index contributed by atoms with van der Waals surface area (Å²) >= 11 is 0.989. The summed E-state index contributed by atoms with van der Waals surface area (Å²) in [5, 5.41) is 0.238. The number of aromatic nitrogens is 2. The molecule has 0 radical (unpaired) electrons. The van der Waals surface area contributed by atoms with Crippen LogP contribution in [0.5, 0.6) is 0 Å². The molecule has 1 saturated heterocycles. The Labute approximate surface area is 199 Å². The second-order valence-electron chi connectivity index (χ2n) is 8.33. The lowest BCUT2D eigenvalue weighted by Gasteiger charge is -2.37. The molecule has 1 aromatic heterocycles. The summed E-state index contributed by atoms with van der Waals surface area (Å²) in [6, 6.07) is 15.0. The normalized spacial score (nSPS) is 17.0. The van der Waals surface area contributed by atoms with Gasteiger partial charge in [-0.3, -0.25) is 9.52 Å². The lowest BCUT2D eigenvalue weighted by atomic mass is 9.93. The highest BCUT2D eigenvalue weighted by Crippen LogP contribution is 2.31. The molecule has 8 nitrogen and oxygen atoms in total. The first-order valence-electron chi connectivity index (χ1n) is 11.0. The summed E-state index contributed by atoms with van der Waals surface area (Å²) in [4.78, 5) is 21.5. The fourth-order valence-corrected chi connectivity index (χ4v) is 6.26. The number of amides is 1. The summed E-state index contributed by atoms with van der Waals surface area (Å²) in [7, 11) is -3.70. The zero-order valence-electron chi connectivity index (χ0n) is 18.1. The van der Waals surface area contributed by atoms with Gasteiger partial charge in [0.2, 0.25) is 11.0 Å². The summed E-state index contributed by atoms with van der Waals surface area (Å²) < 4.78 is 31.3. The van der Waals surface area contributed by atoms with Gasteiger partial charge in [-0.05, 0) is 61.6 Å². The van der Waals surface area contributed by atoms with Crippen molar-refractivity contribution < 1.29 is 14.6 Å². The van der Waals surface area contributed by atoms with E-state index in [0.29, 0.717) is 0 Å². The average molecular weight is 486 g/mol. The number of benzene rings is 2. The van der Waals surface area contributed by atoms with E-state index < -0.39 is 10.0 Å². The highest BCUT2D eigenvalue weighted by atomic mass is 32.2. The van der Waals surface area contributed by atoms with Gasteiger partial charge in [-0.25, -0.2) is 13.4 Å². The summed E-state index contributed by atoms with van der Waals surface area (Å²) in [5.41, 5.74) is 3.28. The van der Waals surface area contributed by atoms with Crippen LogP contribution in [0.2, 0.25) is 0 Å². The van der Waals surface area contributed by atoms with Crippen molar-refractivity contribution in [3.05, 3.63) is 60.4 Å². The Hall–Kier alpha value is -2.98. The van der Waals surface area contributed by atoms with Gasteiger partial charge in [-0.15, -0.1) is 0 Å². The molecule has 0 saturated carbocycles. The monoisotopic (exact) mass is 485 g/mol. The molecule has 3 heterocycles. The Kier molecular flexibility index (Phi) is 6.03. The van der Waals surface area contributed by atoms with Crippen molar-refractivity contribution in [1.29, 1.82) is 0 Å². The fraction of sp³-hybridized carbons (Fsp3) is 0.348. The number of aryl methyl sites for hydroxylation is 1. The average Bonchev–Trinajstić information content (AvgIpc) is 3.36. The number of carbonyl (C=O) groups is 1. The molecular weight excluding hydrogens is 458 g/mol. The molecule has 0 spiro atoms. The van der Waals surface area contributed by atoms with Gasteiger partial charge >= 0.3 is 0 Å². The molecule has 1 fully saturated rings. The van der Waals surface area contributed by atoms with Crippen molar-refractivity contribution in [2.75, 3.05) is 34.2 Å². The number of sulfonamides is 1. The maximum absolute atomic E-state index is 13.3. The van der Waals surface area contributed by atoms with Gasteiger partial charge in [-0.2, -0.15) is 4.37 Å². The number of carbonyl (C=O) groups excluding carboxylic acids is 1. The molecule has 1 N–H and O–H groups in total. The molecule has 5 rings (SSSR count). The van der Waals surface area contributed by atoms with E-state index >= 15 is 0 Å². The third-order valence-corrected chi connectivity index (χ3v) is 8.38. The van der Waals surface area contributed by atoms with Crippen molar-refractivity contribution >= 4 is 44.0 Å². The molecule has 2 aliphatic heterocycles. The SMILES string of the molecule is O=C(C1CCN(c2ccc(S(=O)(=O)Nc3ncns3)cc2)CC1)N1CCCc2ccccc21.[HH]. The maximum Gasteiger partial charge on any atom is 0.263 e. The summed E-state index contributed by atoms with van der Waals surface area (Å²) in [6.07, 6.45) is 4.92. The Morgan fingerprint density at radius 3 is 2.55 bits per heavy atom. The molecular formula is C23H27N5O3S2. The first kappa shape index (κ1) is 21.8. The number of para-hydroxylation sites is 1. The number of nitrogens with zero attached hydrogens (tertiary/aromatic N) is 4. The van der Waals surface area contributed by atoms with Crippen molar-refractivity contribution in [1.82, 2.24) is 9.36 Å². The van der Waals surface area contributed by atoms with Gasteiger partial charge in [0.25, 0.3) is 10.0 Å². The first-order valence-corrected chi connectivity index (χ1v) is 13.3. The largest absolute Gasteiger partial charge is 0.371 e. The number of nitrogens with one attached hydrogen (secondary N) is 1. The number of rotatable bonds is 5. The minimum absolute atomic E-state index is 0. The minimum Gasteiger partial charge on any atom is -0.371 e. The molecule has 2 aromatic carbocycles. The standard InChI is InChI=1S/C23H25N5O3S2.H2/c29-22(28-13-3-5-17-4-1-2-6-21(17)28)18-11-14-27(15-12-18)19-7-9-20(10-8-19)33(30,31)26-23-24-16-25-32-23;/h1-2,4,6-10,16,18H,3,5,11-15H2,(H,24,25,26);1H. The highest BCUT2D eigenvalue weighted by molar-refractivity contribution is 7.93. The molecule has 174 valence electrons. The topological polar surface area (TPSA) is 95.5 Å². The van der Waals surface area contributed by atoms with E-state index in [-0.39, 0.29) is 23.3 Å². The molecule has 33 heavy (non-hydrogen) atoms. The number of piperidine rings is 1. The van der Waals surface area contributed by atoms with E-state index in [2.05, 4.69) is 31.1 Å². The Morgan fingerprint density at radius 1 is 1.06 bits per heavy atom. The van der Waals surface area contributed by atoms with E-state index in [0.717, 1.165) is 68.2 Å². The molecule has 0 aliphatic carbocycles. The van der Waals surface area contributed by atoms with Crippen LogP contribution in [0.4, 0.5) is 16.5 Å². The van der Waals surface area contributed by atoms with Crippen molar-refractivity contribution in [3.8, 4) is 0 Å². The van der Waals surface area contributed by atoms with Crippen LogP contribution >= 0.6 is 11.5 Å². The maximum atomic E-state index is 13.3. The van der Waals surface area contributed by atoms with E-state index in [1.165, 1.54) is 11.9 Å². The lowest BCUT2D eigenvalue weighted by molar-refractivity contribution is -0.123. The van der Waals surface area contributed by atoms with Gasteiger partial charge in [0.05, 0.1) is 4.90 Å². The van der Waals surface area contributed by atoms with Crippen molar-refractivity contribution in [3.63, 3.8) is 0 Å². The first-order chi connectivity index (χ1) is 16.0. The fourth-order valence-electron chi connectivity index (χ4n) is 4.60. The summed E-state index contributed by atoms with van der Waals surface area (Å²) in [5.74, 6) is 0.245. The van der Waals surface area contributed by atoms with Crippen LogP contribution in [0.3, 0.4) is 0 Å². The van der Waals surface area contributed by atoms with Crippen LogP contribution in [0, 0.1) is 5.92 Å². The highest BCUT2D eigenvalue weighted by Gasteiger charge is 2.31. The van der Waals surface area contributed by atoms with Gasteiger partial charge < -0.3 is 9.80 Å². The van der Waals surface area contributed by atoms with E-state index in [1.54, 1.807) is 12.1 Å². The van der Waals surface area contributed by atoms with Gasteiger partial charge in [0, 0.05) is 49.9 Å². The van der Waals surface area contributed by atoms with Crippen LogP contribution in [-0.4, -0.2) is 43.3 Å². The van der Waals surface area contributed by atoms with Gasteiger partial charge in [-0.1, -0.05) is 18.2 Å². The minimum atomic E-state index is -3.70. The predicted octanol–water partition coefficient (Wildman–Crippen LogP) is 3.78. The van der Waals surface area contributed by atoms with Crippen molar-refractivity contribution in [2.45, 2.75) is 30.6 Å². The molecule has 0 bridgehead atoms. The van der Waals surface area contributed by atoms with Crippen LogP contribution in [0.15, 0.2) is 59.8 Å². The Balaban J connectivity index is 0.00000274. The molecule has 0 unspecified atom stereocenters. The van der Waals surface area contributed by atoms with E-state index in [1.807, 2.05) is 29.2 Å². The number of fused-ring (bicyclic) bond motifs is 1. The zero-order chi connectivity index (χ0) is 22.8. The molecule has 2 aliphatic rings. The molecule has 0 atom stereocenters. The van der Waals surface area contributed by atoms with Crippen molar-refractivity contribution in [2.24, 2.45) is 5.92 Å². The Bertz CT molecular complexity index is 1230. The zero-order valence-corrected chi connectivity index (χ0v) is 19.7. The third-order valence-electron chi connectivity index (χ3n) is 6.32. The predicted molar refractivity (Wildman–Crippen MR) is 131 cm³/mol. The smallest absolute Gasteiger partial charge is 0.263 e. The van der Waals surface area contributed by atoms with Crippen LogP contribution in [-0.2, 0) is 21.2 Å². The summed E-state index contributed by atoms with van der Waals surface area (Å²) in [6.45, 7) is 2.32. The second kappa shape index (κ2) is 9.11. The van der Waals surface area contributed by atoms with Crippen LogP contribution in [0.25, 0.3) is 0 Å². The van der Waals surface area contributed by atoms with E-state index in [9.17, 15) is 13.2 Å². The third kappa shape index (κ3) is 4.58. The Morgan fingerprint density at radius 2 is 1.82 bits per heavy atom. The molecule has 1 amide bonds. The molecule has 10 heteroatoms. The van der Waals surface area contributed by atoms with E-state index in [4.69, 9.17) is 0 Å². The molecule has 3 aromatic rings. The number of anilines is 3. The van der Waals surface area contributed by atoms with Gasteiger partial charge in [0.15, 0.2) is 0 Å². The number of hydrogen-bond acceptors (Lipinski definition) is 7. The van der Waals surface area contributed by atoms with Crippen LogP contribution < -0.4 is 14.5 Å². The lowest BCUT2D eigenvalue weighted by Crippen LogP contribution is -2.44. The second-order valence-corrected chi connectivity index (χ2v) is 10.8. The van der Waals surface area contributed by atoms with Gasteiger partial charge in [0.1, 0.15) is 6.33 Å². The van der Waals surface area contributed by atoms with Crippen LogP contribution in [0.1, 0.15) is 26.3 Å². The quantitative estimate of drug-likeness (QED) is 0.591.